The van der Waals surface area contributed by atoms with E-state index in [9.17, 15) is 24.4 Å². The lowest BCUT2D eigenvalue weighted by molar-refractivity contribution is -0.0529. The Bertz CT molecular complexity index is 3250. The number of methoxy groups -OCH3 is 1. The zero-order valence-electron chi connectivity index (χ0n) is 42.5. The van der Waals surface area contributed by atoms with Gasteiger partial charge in [-0.2, -0.15) is 10.1 Å². The molecular weight excluding hydrogens is 1040 g/mol. The maximum Gasteiger partial charge on any atom is 0.262 e. The van der Waals surface area contributed by atoms with Crippen molar-refractivity contribution in [1.29, 1.82) is 0 Å². The fourth-order valence-corrected chi connectivity index (χ4v) is 14.1. The van der Waals surface area contributed by atoms with Gasteiger partial charge in [-0.3, -0.25) is 44.3 Å². The van der Waals surface area contributed by atoms with Crippen molar-refractivity contribution in [2.75, 3.05) is 93.2 Å². The molecule has 392 valence electrons. The smallest absolute Gasteiger partial charge is 0.262 e. The number of fused-ring (bicyclic) bond motifs is 2. The molecule has 4 saturated heterocycles. The van der Waals surface area contributed by atoms with Crippen LogP contribution in [0.4, 0.5) is 34.5 Å². The Hall–Kier alpha value is -6.06. The van der Waals surface area contributed by atoms with Crippen LogP contribution in [0, 0.1) is 5.41 Å². The lowest BCUT2D eigenvalue weighted by atomic mass is 9.59. The number of carbonyl (C=O) groups excluding carboxylic acids is 2. The molecule has 5 aliphatic heterocycles. The number of hydrogen-bond donors (Lipinski definition) is 5. The molecule has 1 aliphatic carbocycles. The third kappa shape index (κ3) is 9.33. The van der Waals surface area contributed by atoms with Gasteiger partial charge in [0.05, 0.1) is 57.1 Å². The summed E-state index contributed by atoms with van der Waals surface area (Å²) in [6, 6.07) is 13.8. The number of benzene rings is 3. The van der Waals surface area contributed by atoms with E-state index >= 15 is 0 Å². The number of piperidine rings is 2. The van der Waals surface area contributed by atoms with Gasteiger partial charge in [0.1, 0.15) is 36.7 Å². The molecule has 5 fully saturated rings. The molecule has 75 heavy (non-hydrogen) atoms. The second-order valence-electron chi connectivity index (χ2n) is 21.5. The highest BCUT2D eigenvalue weighted by Gasteiger charge is 2.50. The molecule has 0 bridgehead atoms. The second kappa shape index (κ2) is 19.5. The van der Waals surface area contributed by atoms with Crippen LogP contribution in [0.3, 0.4) is 0 Å². The number of likely N-dealkylation sites (tertiary alicyclic amines) is 1. The van der Waals surface area contributed by atoms with Gasteiger partial charge in [-0.1, -0.05) is 0 Å². The molecule has 3 unspecified atom stereocenters. The molecule has 12 rings (SSSR count). The summed E-state index contributed by atoms with van der Waals surface area (Å²) < 4.78 is 22.1. The topological polar surface area (TPSA) is 223 Å². The minimum Gasteiger partial charge on any atom is -0.494 e. The van der Waals surface area contributed by atoms with Gasteiger partial charge >= 0.3 is 0 Å². The molecular formula is C53H62BrN14O6P. The van der Waals surface area contributed by atoms with E-state index in [-0.39, 0.29) is 5.91 Å². The number of anilines is 6. The Morgan fingerprint density at radius 2 is 1.56 bits per heavy atom. The van der Waals surface area contributed by atoms with Crippen molar-refractivity contribution in [3.63, 3.8) is 0 Å². The SMILES string of the molecule is COc1cc(N2CCN(C3CC4(CCN(C5CN(c6ccc7c(c6)C(=O)N(C6CCC(O)NC6O)C7=O)C5)CC4)C3)CC2)c(-c2cnn(C)c2)cc1Nc1ncc(Br)c(Nc2ccc3nccnc3c2P(C)(C)=O)n1. The number of nitrogens with zero attached hydrogens (tertiary/aromatic N) is 11. The van der Waals surface area contributed by atoms with Crippen LogP contribution in [0.15, 0.2) is 77.9 Å². The zero-order valence-corrected chi connectivity index (χ0v) is 45.0. The molecule has 22 heteroatoms. The summed E-state index contributed by atoms with van der Waals surface area (Å²) >= 11 is 3.62. The third-order valence-electron chi connectivity index (χ3n) is 16.5. The molecule has 1 saturated carbocycles. The van der Waals surface area contributed by atoms with Crippen molar-refractivity contribution in [3.8, 4) is 16.9 Å². The van der Waals surface area contributed by atoms with E-state index in [1.807, 2.05) is 48.4 Å². The van der Waals surface area contributed by atoms with E-state index in [1.165, 1.54) is 30.6 Å². The summed E-state index contributed by atoms with van der Waals surface area (Å²) in [5.74, 6) is 0.701. The molecule has 8 heterocycles. The number of ether oxygens (including phenoxy) is 1. The number of nitrogens with one attached hydrogen (secondary N) is 3. The van der Waals surface area contributed by atoms with Crippen molar-refractivity contribution in [1.82, 2.24) is 49.7 Å². The average molecular weight is 1100 g/mol. The van der Waals surface area contributed by atoms with Crippen molar-refractivity contribution >= 4 is 85.7 Å². The summed E-state index contributed by atoms with van der Waals surface area (Å²) in [5.41, 5.74) is 7.75. The molecule has 3 aromatic heterocycles. The maximum atomic E-state index is 13.6. The Balaban J connectivity index is 0.663. The summed E-state index contributed by atoms with van der Waals surface area (Å²) in [5, 5.41) is 35.0. The quantitative estimate of drug-likeness (QED) is 0.0747. The number of aromatic nitrogens is 6. The predicted molar refractivity (Wildman–Crippen MR) is 291 cm³/mol. The third-order valence-corrected chi connectivity index (χ3v) is 18.6. The monoisotopic (exact) mass is 1100 g/mol. The molecule has 2 amide bonds. The van der Waals surface area contributed by atoms with Crippen molar-refractivity contribution in [2.45, 2.75) is 69.1 Å². The number of aliphatic hydroxyl groups is 2. The number of imide groups is 1. The summed E-state index contributed by atoms with van der Waals surface area (Å²) in [7, 11) is 0.789. The van der Waals surface area contributed by atoms with Crippen LogP contribution in [0.2, 0.25) is 0 Å². The Morgan fingerprint density at radius 3 is 2.28 bits per heavy atom. The predicted octanol–water partition coefficient (Wildman–Crippen LogP) is 5.57. The lowest BCUT2D eigenvalue weighted by Crippen LogP contribution is -2.64. The highest BCUT2D eigenvalue weighted by atomic mass is 79.9. The number of amides is 2. The van der Waals surface area contributed by atoms with Gasteiger partial charge in [-0.05, 0) is 123 Å². The molecule has 5 N–H and O–H groups in total. The van der Waals surface area contributed by atoms with Gasteiger partial charge in [0.2, 0.25) is 5.95 Å². The standard InChI is InChI=1S/C53H62BrN14O6P/c1-63-28-31(26-58-63)36-22-41(60-52-57-27-38(54)48(62-52)59-40-8-7-39-46(56-14-13-55-39)47(40)75(3,4)73)44(74-2)23-43(36)66-19-17-65(18-20-66)33-24-53(25-33)11-15-64(16-12-53)34-29-67(30-34)32-5-6-35-37(21-32)51(72)68(50(35)71)42-9-10-45(69)61-49(42)70/h5-8,13-14,21-23,26-28,33-34,42,45,49,61,69-70H,9-12,15-20,24-25,29-30H2,1-4H3,(H2,57,59,60,62). The molecule has 1 spiro atoms. The average Bonchev–Trinajstić information content (AvgIpc) is 3.92. The van der Waals surface area contributed by atoms with Crippen molar-refractivity contribution in [2.24, 2.45) is 12.5 Å². The first-order valence-corrected chi connectivity index (χ1v) is 29.2. The number of aryl methyl sites for hydroxylation is 1. The van der Waals surface area contributed by atoms with Gasteiger partial charge in [-0.25, -0.2) is 4.98 Å². The van der Waals surface area contributed by atoms with E-state index in [1.54, 1.807) is 45.1 Å². The Labute approximate surface area is 443 Å². The summed E-state index contributed by atoms with van der Waals surface area (Å²) in [6.45, 7) is 11.1. The minimum absolute atomic E-state index is 0.338. The van der Waals surface area contributed by atoms with E-state index in [0.29, 0.717) is 91.2 Å². The van der Waals surface area contributed by atoms with Crippen LogP contribution in [0.25, 0.3) is 22.2 Å². The first-order chi connectivity index (χ1) is 36.1. The normalized spacial score (nSPS) is 22.7. The number of carbonyl (C=O) groups is 2. The van der Waals surface area contributed by atoms with Crippen LogP contribution in [-0.2, 0) is 11.6 Å². The molecule has 6 aromatic rings. The second-order valence-corrected chi connectivity index (χ2v) is 25.5. The van der Waals surface area contributed by atoms with Crippen LogP contribution in [0.5, 0.6) is 5.75 Å². The number of hydrogen-bond acceptors (Lipinski definition) is 18. The van der Waals surface area contributed by atoms with Crippen LogP contribution in [0.1, 0.15) is 59.2 Å². The summed E-state index contributed by atoms with van der Waals surface area (Å²) in [6.07, 6.45) is 12.4. The first kappa shape index (κ1) is 49.8. The number of rotatable bonds is 12. The van der Waals surface area contributed by atoms with Gasteiger partial charge in [-0.15, -0.1) is 0 Å². The van der Waals surface area contributed by atoms with Gasteiger partial charge in [0.25, 0.3) is 11.8 Å². The van der Waals surface area contributed by atoms with Gasteiger partial charge in [0.15, 0.2) is 0 Å². The van der Waals surface area contributed by atoms with Crippen LogP contribution in [-0.4, -0.2) is 170 Å². The summed E-state index contributed by atoms with van der Waals surface area (Å²) in [4.78, 5) is 56.5. The van der Waals surface area contributed by atoms with Crippen molar-refractivity contribution in [3.05, 3.63) is 89.0 Å². The lowest BCUT2D eigenvalue weighted by Gasteiger charge is -2.58. The van der Waals surface area contributed by atoms with Crippen molar-refractivity contribution < 1.29 is 29.1 Å². The number of halogens is 1. The molecule has 3 atom stereocenters. The molecule has 3 aromatic carbocycles. The Morgan fingerprint density at radius 1 is 0.813 bits per heavy atom. The highest BCUT2D eigenvalue weighted by Crippen LogP contribution is 2.52. The molecule has 20 nitrogen and oxygen atoms in total. The fourth-order valence-electron chi connectivity index (χ4n) is 12.4. The number of aliphatic hydroxyl groups excluding tert-OH is 2. The zero-order chi connectivity index (χ0) is 51.9. The van der Waals surface area contributed by atoms with E-state index < -0.39 is 31.5 Å². The minimum atomic E-state index is -2.81. The van der Waals surface area contributed by atoms with Gasteiger partial charge in [0, 0.05) is 112 Å². The van der Waals surface area contributed by atoms with Crippen LogP contribution < -0.4 is 35.8 Å². The number of piperazine rings is 1. The van der Waals surface area contributed by atoms with Gasteiger partial charge < -0.3 is 39.9 Å². The molecule has 0 radical (unpaired) electrons. The largest absolute Gasteiger partial charge is 0.494 e. The molecule has 6 aliphatic rings. The van der Waals surface area contributed by atoms with E-state index in [0.717, 1.165) is 74.9 Å². The Kier molecular flexibility index (Phi) is 12.9. The first-order valence-electron chi connectivity index (χ1n) is 25.8. The highest BCUT2D eigenvalue weighted by molar-refractivity contribution is 9.10. The van der Waals surface area contributed by atoms with E-state index in [2.05, 4.69) is 83.7 Å². The fraction of sp³-hybridized carbons (Fsp3) is 0.453. The van der Waals surface area contributed by atoms with E-state index in [4.69, 9.17) is 9.72 Å². The van der Waals surface area contributed by atoms with Crippen LogP contribution >= 0.6 is 23.1 Å². The maximum absolute atomic E-state index is 13.6.